The Kier molecular flexibility index (Phi) is 6.89. The molecule has 3 rings (SSSR count). The van der Waals surface area contributed by atoms with E-state index in [1.54, 1.807) is 0 Å². The number of fused-ring (bicyclic) bond motifs is 1. The van der Waals surface area contributed by atoms with Crippen molar-refractivity contribution in [1.82, 2.24) is 9.97 Å². The second kappa shape index (κ2) is 8.69. The second-order valence-corrected chi connectivity index (χ2v) is 6.75. The molecule has 0 amide bonds. The lowest BCUT2D eigenvalue weighted by atomic mass is 10.2. The SMILES string of the molecule is Br.CCOc1ccc2nc(SCC(=O)c3ccc(Br)cc3)[nH]c2c1. The topological polar surface area (TPSA) is 55.0 Å². The van der Waals surface area contributed by atoms with Gasteiger partial charge in [-0.15, -0.1) is 17.0 Å². The molecule has 4 nitrogen and oxygen atoms in total. The lowest BCUT2D eigenvalue weighted by Crippen LogP contribution is -2.02. The lowest BCUT2D eigenvalue weighted by molar-refractivity contribution is 0.102. The maximum Gasteiger partial charge on any atom is 0.173 e. The fraction of sp³-hybridized carbons (Fsp3) is 0.176. The third kappa shape index (κ3) is 4.62. The molecule has 0 bridgehead atoms. The summed E-state index contributed by atoms with van der Waals surface area (Å²) < 4.78 is 6.44. The molecule has 0 aliphatic carbocycles. The van der Waals surface area contributed by atoms with Gasteiger partial charge in [-0.3, -0.25) is 4.79 Å². The third-order valence-electron chi connectivity index (χ3n) is 3.25. The minimum absolute atomic E-state index is 0. The summed E-state index contributed by atoms with van der Waals surface area (Å²) in [4.78, 5) is 19.9. The second-order valence-electron chi connectivity index (χ2n) is 4.87. The number of ketones is 1. The molecule has 0 radical (unpaired) electrons. The summed E-state index contributed by atoms with van der Waals surface area (Å²) in [6.45, 7) is 2.58. The highest BCUT2D eigenvalue weighted by molar-refractivity contribution is 9.10. The number of carbonyl (C=O) groups is 1. The number of nitrogens with one attached hydrogen (secondary N) is 1. The predicted octanol–water partition coefficient (Wildman–Crippen LogP) is 5.28. The van der Waals surface area contributed by atoms with E-state index in [9.17, 15) is 4.79 Å². The smallest absolute Gasteiger partial charge is 0.173 e. The number of halogens is 2. The largest absolute Gasteiger partial charge is 0.494 e. The summed E-state index contributed by atoms with van der Waals surface area (Å²) in [7, 11) is 0. The first-order valence-corrected chi connectivity index (χ1v) is 8.97. The van der Waals surface area contributed by atoms with Crippen LogP contribution in [0.3, 0.4) is 0 Å². The van der Waals surface area contributed by atoms with E-state index < -0.39 is 0 Å². The Morgan fingerprint density at radius 2 is 2.00 bits per heavy atom. The number of benzene rings is 2. The zero-order valence-electron chi connectivity index (χ0n) is 12.9. The molecule has 2 aromatic carbocycles. The van der Waals surface area contributed by atoms with Gasteiger partial charge in [-0.05, 0) is 31.2 Å². The van der Waals surface area contributed by atoms with Crippen molar-refractivity contribution in [3.8, 4) is 5.75 Å². The lowest BCUT2D eigenvalue weighted by Gasteiger charge is -2.00. The Morgan fingerprint density at radius 1 is 1.25 bits per heavy atom. The quantitative estimate of drug-likeness (QED) is 0.392. The van der Waals surface area contributed by atoms with E-state index in [4.69, 9.17) is 4.74 Å². The van der Waals surface area contributed by atoms with Crippen molar-refractivity contribution in [3.63, 3.8) is 0 Å². The molecule has 1 aromatic heterocycles. The number of ether oxygens (including phenoxy) is 1. The summed E-state index contributed by atoms with van der Waals surface area (Å²) in [5.74, 6) is 1.24. The van der Waals surface area contributed by atoms with Gasteiger partial charge in [-0.25, -0.2) is 4.98 Å². The summed E-state index contributed by atoms with van der Waals surface area (Å²) in [6.07, 6.45) is 0. The molecule has 1 heterocycles. The Bertz CT molecular complexity index is 834. The van der Waals surface area contributed by atoms with Gasteiger partial charge in [-0.2, -0.15) is 0 Å². The molecule has 126 valence electrons. The number of Topliss-reactive ketones (excluding diaryl/α,β-unsaturated/α-hetero) is 1. The minimum Gasteiger partial charge on any atom is -0.494 e. The van der Waals surface area contributed by atoms with Crippen LogP contribution < -0.4 is 4.74 Å². The predicted molar refractivity (Wildman–Crippen MR) is 107 cm³/mol. The Hall–Kier alpha value is -1.31. The molecule has 0 atom stereocenters. The average Bonchev–Trinajstić information content (AvgIpc) is 2.96. The van der Waals surface area contributed by atoms with E-state index in [1.165, 1.54) is 11.8 Å². The Balaban J connectivity index is 0.00000208. The number of thioether (sulfide) groups is 1. The van der Waals surface area contributed by atoms with Crippen LogP contribution in [0.5, 0.6) is 5.75 Å². The third-order valence-corrected chi connectivity index (χ3v) is 4.65. The molecular formula is C17H16Br2N2O2S. The molecule has 0 aliphatic rings. The van der Waals surface area contributed by atoms with Crippen LogP contribution in [0.25, 0.3) is 11.0 Å². The molecule has 0 saturated carbocycles. The zero-order chi connectivity index (χ0) is 16.2. The highest BCUT2D eigenvalue weighted by atomic mass is 79.9. The van der Waals surface area contributed by atoms with Gasteiger partial charge in [0.2, 0.25) is 0 Å². The highest BCUT2D eigenvalue weighted by Crippen LogP contribution is 2.24. The van der Waals surface area contributed by atoms with E-state index in [0.29, 0.717) is 17.9 Å². The first-order chi connectivity index (χ1) is 11.2. The normalized spacial score (nSPS) is 10.4. The molecule has 3 aromatic rings. The van der Waals surface area contributed by atoms with Crippen LogP contribution in [-0.2, 0) is 0 Å². The first kappa shape index (κ1) is 19.0. The van der Waals surface area contributed by atoms with E-state index in [2.05, 4.69) is 25.9 Å². The average molecular weight is 472 g/mol. The van der Waals surface area contributed by atoms with Gasteiger partial charge in [0.15, 0.2) is 10.9 Å². The van der Waals surface area contributed by atoms with Crippen molar-refractivity contribution in [2.24, 2.45) is 0 Å². The van der Waals surface area contributed by atoms with E-state index in [1.807, 2.05) is 49.4 Å². The molecule has 0 unspecified atom stereocenters. The van der Waals surface area contributed by atoms with Crippen molar-refractivity contribution in [2.45, 2.75) is 12.1 Å². The standard InChI is InChI=1S/C17H15BrN2O2S.BrH/c1-2-22-13-7-8-14-15(9-13)20-17(19-14)23-10-16(21)11-3-5-12(18)6-4-11;/h3-9H,2,10H2,1H3,(H,19,20);1H. The summed E-state index contributed by atoms with van der Waals surface area (Å²) in [5, 5.41) is 0.735. The summed E-state index contributed by atoms with van der Waals surface area (Å²) in [6, 6.07) is 13.1. The fourth-order valence-electron chi connectivity index (χ4n) is 2.14. The van der Waals surface area contributed by atoms with Crippen LogP contribution in [0, 0.1) is 0 Å². The molecule has 1 N–H and O–H groups in total. The van der Waals surface area contributed by atoms with Gasteiger partial charge >= 0.3 is 0 Å². The van der Waals surface area contributed by atoms with Crippen LogP contribution in [0.15, 0.2) is 52.1 Å². The van der Waals surface area contributed by atoms with Crippen molar-refractivity contribution in [2.75, 3.05) is 12.4 Å². The van der Waals surface area contributed by atoms with Crippen LogP contribution >= 0.6 is 44.7 Å². The number of aromatic amines is 1. The van der Waals surface area contributed by atoms with Crippen LogP contribution in [-0.4, -0.2) is 28.1 Å². The fourth-order valence-corrected chi connectivity index (χ4v) is 3.19. The number of aromatic nitrogens is 2. The molecule has 24 heavy (non-hydrogen) atoms. The zero-order valence-corrected chi connectivity index (χ0v) is 17.0. The molecule has 0 aliphatic heterocycles. The molecule has 7 heteroatoms. The maximum atomic E-state index is 12.2. The number of imidazole rings is 1. The van der Waals surface area contributed by atoms with Crippen molar-refractivity contribution >= 4 is 61.5 Å². The van der Waals surface area contributed by atoms with Crippen LogP contribution in [0.2, 0.25) is 0 Å². The van der Waals surface area contributed by atoms with Gasteiger partial charge in [-0.1, -0.05) is 39.8 Å². The van der Waals surface area contributed by atoms with Gasteiger partial charge in [0.05, 0.1) is 23.4 Å². The molecule has 0 spiro atoms. The van der Waals surface area contributed by atoms with Crippen LogP contribution in [0.4, 0.5) is 0 Å². The Morgan fingerprint density at radius 3 is 2.71 bits per heavy atom. The van der Waals surface area contributed by atoms with Gasteiger partial charge in [0.25, 0.3) is 0 Å². The van der Waals surface area contributed by atoms with Crippen molar-refractivity contribution in [3.05, 3.63) is 52.5 Å². The Labute approximate surface area is 163 Å². The van der Waals surface area contributed by atoms with Crippen LogP contribution in [0.1, 0.15) is 17.3 Å². The van der Waals surface area contributed by atoms with Gasteiger partial charge < -0.3 is 9.72 Å². The number of rotatable bonds is 6. The number of hydrogen-bond donors (Lipinski definition) is 1. The minimum atomic E-state index is 0. The van der Waals surface area contributed by atoms with E-state index >= 15 is 0 Å². The van der Waals surface area contributed by atoms with E-state index in [-0.39, 0.29) is 22.8 Å². The number of H-pyrrole nitrogens is 1. The molecular weight excluding hydrogens is 456 g/mol. The molecule has 0 fully saturated rings. The molecule has 0 saturated heterocycles. The van der Waals surface area contributed by atoms with Crippen molar-refractivity contribution < 1.29 is 9.53 Å². The number of hydrogen-bond acceptors (Lipinski definition) is 4. The maximum absolute atomic E-state index is 12.2. The van der Waals surface area contributed by atoms with Crippen molar-refractivity contribution in [1.29, 1.82) is 0 Å². The number of nitrogens with zero attached hydrogens (tertiary/aromatic N) is 1. The van der Waals surface area contributed by atoms with Gasteiger partial charge in [0.1, 0.15) is 5.75 Å². The monoisotopic (exact) mass is 470 g/mol. The van der Waals surface area contributed by atoms with Gasteiger partial charge in [0, 0.05) is 16.1 Å². The van der Waals surface area contributed by atoms with E-state index in [0.717, 1.165) is 26.4 Å². The summed E-state index contributed by atoms with van der Waals surface area (Å²) >= 11 is 4.77. The summed E-state index contributed by atoms with van der Waals surface area (Å²) in [5.41, 5.74) is 2.48. The number of carbonyl (C=O) groups excluding carboxylic acids is 1. The first-order valence-electron chi connectivity index (χ1n) is 7.20. The highest BCUT2D eigenvalue weighted by Gasteiger charge is 2.10.